The van der Waals surface area contributed by atoms with E-state index in [1.54, 1.807) is 11.3 Å². The van der Waals surface area contributed by atoms with Crippen LogP contribution in [0.4, 0.5) is 0 Å². The van der Waals surface area contributed by atoms with Gasteiger partial charge in [-0.1, -0.05) is 18.5 Å². The van der Waals surface area contributed by atoms with Crippen molar-refractivity contribution >= 4 is 44.9 Å². The van der Waals surface area contributed by atoms with Gasteiger partial charge in [-0.2, -0.15) is 11.8 Å². The van der Waals surface area contributed by atoms with Gasteiger partial charge in [0, 0.05) is 17.2 Å². The predicted octanol–water partition coefficient (Wildman–Crippen LogP) is 3.92. The molecule has 2 aromatic heterocycles. The summed E-state index contributed by atoms with van der Waals surface area (Å²) in [6.45, 7) is 2.96. The van der Waals surface area contributed by atoms with E-state index < -0.39 is 0 Å². The third-order valence-electron chi connectivity index (χ3n) is 3.17. The maximum absolute atomic E-state index is 6.19. The number of nitrogens with zero attached hydrogens (tertiary/aromatic N) is 3. The first-order valence-electron chi connectivity index (χ1n) is 6.24. The van der Waals surface area contributed by atoms with E-state index in [-0.39, 0.29) is 0 Å². The Morgan fingerprint density at radius 1 is 1.47 bits per heavy atom. The van der Waals surface area contributed by atoms with Gasteiger partial charge in [0.15, 0.2) is 0 Å². The maximum atomic E-state index is 6.19. The highest BCUT2D eigenvalue weighted by Crippen LogP contribution is 2.25. The molecule has 19 heavy (non-hydrogen) atoms. The van der Waals surface area contributed by atoms with E-state index >= 15 is 0 Å². The molecule has 0 aliphatic carbocycles. The van der Waals surface area contributed by atoms with Crippen LogP contribution >= 0.6 is 34.7 Å². The number of rotatable bonds is 6. The van der Waals surface area contributed by atoms with Crippen LogP contribution in [0.1, 0.15) is 19.2 Å². The maximum Gasteiger partial charge on any atom is 0.145 e. The Morgan fingerprint density at radius 2 is 2.26 bits per heavy atom. The van der Waals surface area contributed by atoms with Crippen molar-refractivity contribution in [2.45, 2.75) is 25.9 Å². The smallest absolute Gasteiger partial charge is 0.145 e. The molecule has 2 heterocycles. The normalized spacial score (nSPS) is 13.3. The minimum Gasteiger partial charge on any atom is -0.295 e. The summed E-state index contributed by atoms with van der Waals surface area (Å²) in [5.41, 5.74) is 0. The van der Waals surface area contributed by atoms with Crippen LogP contribution in [0.25, 0.3) is 10.2 Å². The largest absolute Gasteiger partial charge is 0.295 e. The summed E-state index contributed by atoms with van der Waals surface area (Å²) in [5.74, 6) is 1.93. The van der Waals surface area contributed by atoms with Crippen molar-refractivity contribution in [3.05, 3.63) is 22.4 Å². The number of hydrogen-bond donors (Lipinski definition) is 0. The molecule has 0 saturated carbocycles. The number of hydrogen-bond acceptors (Lipinski definition) is 5. The molecule has 0 N–H and O–H groups in total. The Kier molecular flexibility index (Phi) is 5.45. The molecule has 2 aromatic rings. The van der Waals surface area contributed by atoms with Gasteiger partial charge < -0.3 is 0 Å². The molecule has 0 aliphatic rings. The molecule has 0 spiro atoms. The Labute approximate surface area is 127 Å². The second kappa shape index (κ2) is 6.88. The molecule has 0 radical (unpaired) electrons. The van der Waals surface area contributed by atoms with Gasteiger partial charge in [-0.15, -0.1) is 11.3 Å². The molecule has 0 saturated heterocycles. The minimum atomic E-state index is 0.552. The summed E-state index contributed by atoms with van der Waals surface area (Å²) in [6.07, 6.45) is 3.27. The first kappa shape index (κ1) is 15.0. The lowest BCUT2D eigenvalue weighted by Crippen LogP contribution is -2.33. The molecule has 1 unspecified atom stereocenters. The van der Waals surface area contributed by atoms with Crippen LogP contribution in [0, 0.1) is 0 Å². The van der Waals surface area contributed by atoms with E-state index in [1.165, 1.54) is 0 Å². The molecule has 0 amide bonds. The van der Waals surface area contributed by atoms with Gasteiger partial charge in [0.25, 0.3) is 0 Å². The lowest BCUT2D eigenvalue weighted by molar-refractivity contribution is 0.242. The number of halogens is 1. The standard InChI is InChI=1S/C13H18ClN3S2/c1-4-9(8-18-3)17(2)7-11-15-12(14)10-5-6-19-13(10)16-11/h5-6,9H,4,7-8H2,1-3H3. The summed E-state index contributed by atoms with van der Waals surface area (Å²) in [6, 6.07) is 2.52. The monoisotopic (exact) mass is 315 g/mol. The number of thiophene rings is 1. The second-order valence-corrected chi connectivity index (χ2v) is 6.67. The molecule has 104 valence electrons. The number of thioether (sulfide) groups is 1. The van der Waals surface area contributed by atoms with E-state index in [0.29, 0.717) is 11.2 Å². The third-order valence-corrected chi connectivity index (χ3v) is 4.98. The number of fused-ring (bicyclic) bond motifs is 1. The van der Waals surface area contributed by atoms with Crippen LogP contribution in [-0.4, -0.2) is 40.0 Å². The van der Waals surface area contributed by atoms with Gasteiger partial charge in [0.1, 0.15) is 15.8 Å². The van der Waals surface area contributed by atoms with Crippen molar-refractivity contribution in [3.63, 3.8) is 0 Å². The molecule has 0 bridgehead atoms. The Balaban J connectivity index is 2.16. The van der Waals surface area contributed by atoms with E-state index in [9.17, 15) is 0 Å². The Bertz CT molecular complexity index is 544. The van der Waals surface area contributed by atoms with E-state index in [0.717, 1.165) is 34.8 Å². The molecule has 0 aromatic carbocycles. The highest BCUT2D eigenvalue weighted by atomic mass is 35.5. The van der Waals surface area contributed by atoms with E-state index in [1.807, 2.05) is 23.2 Å². The zero-order valence-corrected chi connectivity index (χ0v) is 13.8. The minimum absolute atomic E-state index is 0.552. The molecular formula is C13H18ClN3S2. The summed E-state index contributed by atoms with van der Waals surface area (Å²) in [7, 11) is 2.13. The molecule has 2 rings (SSSR count). The number of aromatic nitrogens is 2. The summed E-state index contributed by atoms with van der Waals surface area (Å²) >= 11 is 9.68. The summed E-state index contributed by atoms with van der Waals surface area (Å²) in [4.78, 5) is 12.3. The topological polar surface area (TPSA) is 29.0 Å². The molecular weight excluding hydrogens is 298 g/mol. The van der Waals surface area contributed by atoms with Crippen LogP contribution in [0.2, 0.25) is 5.15 Å². The Morgan fingerprint density at radius 3 is 2.95 bits per heavy atom. The van der Waals surface area contributed by atoms with Gasteiger partial charge >= 0.3 is 0 Å². The average molecular weight is 316 g/mol. The zero-order valence-electron chi connectivity index (χ0n) is 11.4. The van der Waals surface area contributed by atoms with Crippen molar-refractivity contribution < 1.29 is 0 Å². The lowest BCUT2D eigenvalue weighted by atomic mass is 10.2. The van der Waals surface area contributed by atoms with E-state index in [4.69, 9.17) is 11.6 Å². The zero-order chi connectivity index (χ0) is 13.8. The summed E-state index contributed by atoms with van der Waals surface area (Å²) in [5, 5.41) is 3.52. The average Bonchev–Trinajstić information content (AvgIpc) is 2.84. The quantitative estimate of drug-likeness (QED) is 0.756. The predicted molar refractivity (Wildman–Crippen MR) is 86.4 cm³/mol. The van der Waals surface area contributed by atoms with Crippen molar-refractivity contribution in [1.82, 2.24) is 14.9 Å². The van der Waals surface area contributed by atoms with Gasteiger partial charge in [-0.05, 0) is 31.2 Å². The van der Waals surface area contributed by atoms with Crippen molar-refractivity contribution in [1.29, 1.82) is 0 Å². The van der Waals surface area contributed by atoms with Crippen LogP contribution in [0.3, 0.4) is 0 Å². The fourth-order valence-electron chi connectivity index (χ4n) is 2.03. The molecule has 1 atom stereocenters. The lowest BCUT2D eigenvalue weighted by Gasteiger charge is -2.25. The van der Waals surface area contributed by atoms with Crippen LogP contribution in [-0.2, 0) is 6.54 Å². The molecule has 6 heteroatoms. The van der Waals surface area contributed by atoms with Crippen LogP contribution in [0.15, 0.2) is 11.4 Å². The van der Waals surface area contributed by atoms with Crippen molar-refractivity contribution in [3.8, 4) is 0 Å². The highest BCUT2D eigenvalue weighted by molar-refractivity contribution is 7.98. The highest BCUT2D eigenvalue weighted by Gasteiger charge is 2.15. The van der Waals surface area contributed by atoms with Crippen LogP contribution in [0.5, 0.6) is 0 Å². The third kappa shape index (κ3) is 3.60. The fourth-order valence-corrected chi connectivity index (χ4v) is 4.00. The first-order valence-corrected chi connectivity index (χ1v) is 8.89. The SMILES string of the molecule is CCC(CSC)N(C)Cc1nc(Cl)c2ccsc2n1. The van der Waals surface area contributed by atoms with E-state index in [2.05, 4.69) is 35.1 Å². The molecule has 3 nitrogen and oxygen atoms in total. The van der Waals surface area contributed by atoms with Gasteiger partial charge in [-0.3, -0.25) is 4.90 Å². The Hall–Kier alpha value is -0.360. The van der Waals surface area contributed by atoms with Crippen LogP contribution < -0.4 is 0 Å². The van der Waals surface area contributed by atoms with Crippen molar-refractivity contribution in [2.75, 3.05) is 19.1 Å². The molecule has 0 fully saturated rings. The second-order valence-electron chi connectivity index (χ2n) is 4.50. The summed E-state index contributed by atoms with van der Waals surface area (Å²) < 4.78 is 0. The fraction of sp³-hybridized carbons (Fsp3) is 0.538. The van der Waals surface area contributed by atoms with Crippen molar-refractivity contribution in [2.24, 2.45) is 0 Å². The van der Waals surface area contributed by atoms with Gasteiger partial charge in [0.05, 0.1) is 6.54 Å². The van der Waals surface area contributed by atoms with Gasteiger partial charge in [0.2, 0.25) is 0 Å². The molecule has 0 aliphatic heterocycles. The van der Waals surface area contributed by atoms with Gasteiger partial charge in [-0.25, -0.2) is 9.97 Å². The first-order chi connectivity index (χ1) is 9.15.